The van der Waals surface area contributed by atoms with Crippen LogP contribution in [-0.4, -0.2) is 44.3 Å². The van der Waals surface area contributed by atoms with Gasteiger partial charge in [-0.05, 0) is 43.9 Å². The molecule has 3 rings (SSSR count). The molecule has 1 saturated carbocycles. The number of rotatable bonds is 11. The number of nitrogens with two attached hydrogens (primary N) is 1. The van der Waals surface area contributed by atoms with Gasteiger partial charge < -0.3 is 24.8 Å². The van der Waals surface area contributed by atoms with Crippen LogP contribution in [0.2, 0.25) is 0 Å². The Morgan fingerprint density at radius 1 is 0.935 bits per heavy atom. The van der Waals surface area contributed by atoms with Crippen molar-refractivity contribution in [3.8, 4) is 17.2 Å². The molecule has 6 heteroatoms. The lowest BCUT2D eigenvalue weighted by molar-refractivity contribution is 0.161. The number of ether oxygens (including phenoxy) is 3. The quantitative estimate of drug-likeness (QED) is 0.479. The van der Waals surface area contributed by atoms with Gasteiger partial charge in [0.25, 0.3) is 0 Å². The van der Waals surface area contributed by atoms with Gasteiger partial charge in [0, 0.05) is 18.0 Å². The number of urea groups is 1. The average Bonchev–Trinajstić information content (AvgIpc) is 2.80. The highest BCUT2D eigenvalue weighted by atomic mass is 16.5. The van der Waals surface area contributed by atoms with Gasteiger partial charge >= 0.3 is 6.03 Å². The van der Waals surface area contributed by atoms with Crippen LogP contribution in [0.25, 0.3) is 10.8 Å². The second-order valence-electron chi connectivity index (χ2n) is 8.23. The van der Waals surface area contributed by atoms with E-state index in [2.05, 4.69) is 0 Å². The summed E-state index contributed by atoms with van der Waals surface area (Å²) in [5.74, 6) is 2.39. The van der Waals surface area contributed by atoms with Crippen LogP contribution in [-0.2, 0) is 0 Å². The van der Waals surface area contributed by atoms with E-state index in [9.17, 15) is 4.79 Å². The molecule has 6 nitrogen and oxygen atoms in total. The summed E-state index contributed by atoms with van der Waals surface area (Å²) in [6, 6.07) is 9.85. The molecule has 170 valence electrons. The highest BCUT2D eigenvalue weighted by Crippen LogP contribution is 2.39. The Labute approximate surface area is 185 Å². The van der Waals surface area contributed by atoms with Crippen molar-refractivity contribution in [2.45, 2.75) is 63.8 Å². The zero-order chi connectivity index (χ0) is 22.1. The van der Waals surface area contributed by atoms with Gasteiger partial charge in [0.15, 0.2) is 0 Å². The molecular formula is C25H36N2O4. The fourth-order valence-electron chi connectivity index (χ4n) is 4.57. The molecule has 2 amide bonds. The number of primary amides is 1. The first-order valence-corrected chi connectivity index (χ1v) is 11.5. The molecule has 1 aliphatic rings. The summed E-state index contributed by atoms with van der Waals surface area (Å²) in [5.41, 5.74) is 5.63. The van der Waals surface area contributed by atoms with Crippen LogP contribution in [0.15, 0.2) is 30.3 Å². The van der Waals surface area contributed by atoms with Gasteiger partial charge in [-0.3, -0.25) is 0 Å². The predicted molar refractivity (Wildman–Crippen MR) is 124 cm³/mol. The summed E-state index contributed by atoms with van der Waals surface area (Å²) in [7, 11) is 3.34. The molecule has 0 atom stereocenters. The predicted octanol–water partition coefficient (Wildman–Crippen LogP) is 5.51. The van der Waals surface area contributed by atoms with Crippen molar-refractivity contribution in [3.63, 3.8) is 0 Å². The largest absolute Gasteiger partial charge is 0.496 e. The third-order valence-corrected chi connectivity index (χ3v) is 6.21. The van der Waals surface area contributed by atoms with Crippen molar-refractivity contribution in [2.24, 2.45) is 5.73 Å². The maximum absolute atomic E-state index is 11.8. The highest BCUT2D eigenvalue weighted by molar-refractivity contribution is 5.97. The Balaban J connectivity index is 1.46. The minimum Gasteiger partial charge on any atom is -0.496 e. The Morgan fingerprint density at radius 2 is 1.65 bits per heavy atom. The number of hydrogen-bond acceptors (Lipinski definition) is 4. The van der Waals surface area contributed by atoms with E-state index in [1.807, 2.05) is 35.2 Å². The molecule has 2 aromatic rings. The Bertz CT molecular complexity index is 849. The number of unbranched alkanes of at least 4 members (excludes halogenated alkanes) is 3. The second kappa shape index (κ2) is 11.7. The molecule has 1 aliphatic carbocycles. The Kier molecular flexibility index (Phi) is 8.68. The molecule has 31 heavy (non-hydrogen) atoms. The molecule has 0 radical (unpaired) electrons. The molecule has 0 spiro atoms. The molecule has 0 bridgehead atoms. The van der Waals surface area contributed by atoms with E-state index in [0.717, 1.165) is 73.1 Å². The SMILES string of the molecule is COc1ccc(OC)c2c(OCCCCCCN(C(N)=O)C3CCCCC3)cccc12. The summed E-state index contributed by atoms with van der Waals surface area (Å²) >= 11 is 0. The molecule has 1 fully saturated rings. The number of hydrogen-bond donors (Lipinski definition) is 1. The van der Waals surface area contributed by atoms with E-state index in [-0.39, 0.29) is 6.03 Å². The van der Waals surface area contributed by atoms with E-state index in [1.165, 1.54) is 19.3 Å². The summed E-state index contributed by atoms with van der Waals surface area (Å²) in [6.07, 6.45) is 9.94. The Morgan fingerprint density at radius 3 is 2.35 bits per heavy atom. The number of benzene rings is 2. The lowest BCUT2D eigenvalue weighted by Crippen LogP contribution is -2.45. The maximum atomic E-state index is 11.8. The first-order chi connectivity index (χ1) is 15.2. The Hall–Kier alpha value is -2.63. The maximum Gasteiger partial charge on any atom is 0.315 e. The standard InChI is InChI=1S/C25H36N2O4/c1-29-21-15-16-22(30-2)24-20(21)13-10-14-23(24)31-18-9-4-3-8-17-27(25(26)28)19-11-6-5-7-12-19/h10,13-16,19H,3-9,11-12,17-18H2,1-2H3,(H2,26,28). The van der Waals surface area contributed by atoms with Crippen LogP contribution in [0, 0.1) is 0 Å². The van der Waals surface area contributed by atoms with Crippen molar-refractivity contribution >= 4 is 16.8 Å². The van der Waals surface area contributed by atoms with Crippen LogP contribution in [0.3, 0.4) is 0 Å². The summed E-state index contributed by atoms with van der Waals surface area (Å²) in [4.78, 5) is 13.7. The van der Waals surface area contributed by atoms with E-state index >= 15 is 0 Å². The first kappa shape index (κ1) is 23.0. The van der Waals surface area contributed by atoms with E-state index < -0.39 is 0 Å². The summed E-state index contributed by atoms with van der Waals surface area (Å²) in [5, 5.41) is 1.92. The summed E-state index contributed by atoms with van der Waals surface area (Å²) in [6.45, 7) is 1.41. The van der Waals surface area contributed by atoms with Gasteiger partial charge in [0.05, 0.1) is 26.2 Å². The topological polar surface area (TPSA) is 74.0 Å². The fourth-order valence-corrected chi connectivity index (χ4v) is 4.57. The lowest BCUT2D eigenvalue weighted by Gasteiger charge is -2.33. The van der Waals surface area contributed by atoms with Crippen LogP contribution in [0.1, 0.15) is 57.8 Å². The summed E-state index contributed by atoms with van der Waals surface area (Å²) < 4.78 is 17.1. The van der Waals surface area contributed by atoms with Gasteiger partial charge in [-0.25, -0.2) is 4.79 Å². The molecule has 2 N–H and O–H groups in total. The minimum atomic E-state index is -0.268. The van der Waals surface area contributed by atoms with Crippen LogP contribution in [0.5, 0.6) is 17.2 Å². The number of nitrogens with zero attached hydrogens (tertiary/aromatic N) is 1. The molecule has 0 aliphatic heterocycles. The third-order valence-electron chi connectivity index (χ3n) is 6.21. The van der Waals surface area contributed by atoms with Crippen molar-refractivity contribution in [1.29, 1.82) is 0 Å². The van der Waals surface area contributed by atoms with Gasteiger partial charge in [-0.1, -0.05) is 44.2 Å². The van der Waals surface area contributed by atoms with E-state index in [4.69, 9.17) is 19.9 Å². The molecule has 0 heterocycles. The number of amides is 2. The first-order valence-electron chi connectivity index (χ1n) is 11.5. The normalized spacial score (nSPS) is 14.4. The molecule has 0 unspecified atom stereocenters. The fraction of sp³-hybridized carbons (Fsp3) is 0.560. The highest BCUT2D eigenvalue weighted by Gasteiger charge is 2.23. The third kappa shape index (κ3) is 5.96. The zero-order valence-corrected chi connectivity index (χ0v) is 18.9. The second-order valence-corrected chi connectivity index (χ2v) is 8.23. The smallest absolute Gasteiger partial charge is 0.315 e. The molecular weight excluding hydrogens is 392 g/mol. The van der Waals surface area contributed by atoms with Crippen molar-refractivity contribution < 1.29 is 19.0 Å². The van der Waals surface area contributed by atoms with E-state index in [1.54, 1.807) is 14.2 Å². The number of methoxy groups -OCH3 is 2. The van der Waals surface area contributed by atoms with E-state index in [0.29, 0.717) is 12.6 Å². The molecule has 2 aromatic carbocycles. The number of fused-ring (bicyclic) bond motifs is 1. The van der Waals surface area contributed by atoms with Gasteiger partial charge in [-0.2, -0.15) is 0 Å². The zero-order valence-electron chi connectivity index (χ0n) is 18.9. The lowest BCUT2D eigenvalue weighted by atomic mass is 9.94. The number of carbonyl (C=O) groups excluding carboxylic acids is 1. The van der Waals surface area contributed by atoms with Crippen LogP contribution in [0.4, 0.5) is 4.79 Å². The van der Waals surface area contributed by atoms with Gasteiger partial charge in [-0.15, -0.1) is 0 Å². The molecule has 0 saturated heterocycles. The van der Waals surface area contributed by atoms with Gasteiger partial charge in [0.1, 0.15) is 17.2 Å². The van der Waals surface area contributed by atoms with Gasteiger partial charge in [0.2, 0.25) is 0 Å². The monoisotopic (exact) mass is 428 g/mol. The van der Waals surface area contributed by atoms with Crippen molar-refractivity contribution in [1.82, 2.24) is 4.90 Å². The molecule has 0 aromatic heterocycles. The minimum absolute atomic E-state index is 0.268. The van der Waals surface area contributed by atoms with Crippen LogP contribution >= 0.6 is 0 Å². The van der Waals surface area contributed by atoms with Crippen molar-refractivity contribution in [3.05, 3.63) is 30.3 Å². The van der Waals surface area contributed by atoms with Crippen molar-refractivity contribution in [2.75, 3.05) is 27.4 Å². The number of carbonyl (C=O) groups is 1. The average molecular weight is 429 g/mol. The van der Waals surface area contributed by atoms with Crippen LogP contribution < -0.4 is 19.9 Å².